The van der Waals surface area contributed by atoms with Gasteiger partial charge in [0.15, 0.2) is 0 Å². The standard InChI is InChI=1S/C19H21FN4O3/c20-15-2-1-3-16(13-15)23-19(26)17-12-14(4-5-21-17)18(25)22-6-7-24-8-10-27-11-9-24/h1-5,12-13H,6-11H2,(H,22,25)(H,23,26). The zero-order valence-corrected chi connectivity index (χ0v) is 14.8. The molecule has 0 unspecified atom stereocenters. The van der Waals surface area contributed by atoms with Crippen molar-refractivity contribution >= 4 is 17.5 Å². The van der Waals surface area contributed by atoms with Crippen LogP contribution in [-0.4, -0.2) is 61.1 Å². The number of benzene rings is 1. The number of carbonyl (C=O) groups excluding carboxylic acids is 2. The largest absolute Gasteiger partial charge is 0.379 e. The Labute approximate surface area is 156 Å². The van der Waals surface area contributed by atoms with E-state index in [1.54, 1.807) is 12.1 Å². The molecule has 1 aliphatic heterocycles. The fraction of sp³-hybridized carbons (Fsp3) is 0.316. The predicted molar refractivity (Wildman–Crippen MR) is 98.2 cm³/mol. The van der Waals surface area contributed by atoms with E-state index in [4.69, 9.17) is 4.74 Å². The highest BCUT2D eigenvalue weighted by atomic mass is 19.1. The SMILES string of the molecule is O=C(NCCN1CCOCC1)c1ccnc(C(=O)Nc2cccc(F)c2)c1. The number of ether oxygens (including phenoxy) is 1. The monoisotopic (exact) mass is 372 g/mol. The molecule has 7 nitrogen and oxygen atoms in total. The zero-order valence-electron chi connectivity index (χ0n) is 14.8. The Kier molecular flexibility index (Phi) is 6.45. The average Bonchev–Trinajstić information content (AvgIpc) is 2.69. The maximum Gasteiger partial charge on any atom is 0.274 e. The number of morpholine rings is 1. The second kappa shape index (κ2) is 9.20. The third-order valence-electron chi connectivity index (χ3n) is 4.15. The van der Waals surface area contributed by atoms with Gasteiger partial charge >= 0.3 is 0 Å². The average molecular weight is 372 g/mol. The van der Waals surface area contributed by atoms with Crippen LogP contribution in [0.25, 0.3) is 0 Å². The van der Waals surface area contributed by atoms with Gasteiger partial charge in [-0.1, -0.05) is 6.07 Å². The number of hydrogen-bond donors (Lipinski definition) is 2. The number of amides is 2. The summed E-state index contributed by atoms with van der Waals surface area (Å²) >= 11 is 0. The van der Waals surface area contributed by atoms with Gasteiger partial charge in [-0.05, 0) is 30.3 Å². The first kappa shape index (κ1) is 18.9. The molecular weight excluding hydrogens is 351 g/mol. The minimum absolute atomic E-state index is 0.0834. The summed E-state index contributed by atoms with van der Waals surface area (Å²) in [6.45, 7) is 4.38. The van der Waals surface area contributed by atoms with Crippen LogP contribution in [0.3, 0.4) is 0 Å². The van der Waals surface area contributed by atoms with Crippen LogP contribution in [0.15, 0.2) is 42.6 Å². The van der Waals surface area contributed by atoms with E-state index in [9.17, 15) is 14.0 Å². The Bertz CT molecular complexity index is 809. The molecule has 0 aliphatic carbocycles. The van der Waals surface area contributed by atoms with Crippen molar-refractivity contribution in [2.45, 2.75) is 0 Å². The maximum absolute atomic E-state index is 13.2. The Balaban J connectivity index is 1.55. The van der Waals surface area contributed by atoms with Crippen LogP contribution in [0, 0.1) is 5.82 Å². The molecule has 1 saturated heterocycles. The molecule has 3 rings (SSSR count). The minimum Gasteiger partial charge on any atom is -0.379 e. The molecule has 1 aliphatic rings. The van der Waals surface area contributed by atoms with Crippen molar-refractivity contribution in [1.29, 1.82) is 0 Å². The highest BCUT2D eigenvalue weighted by Gasteiger charge is 2.14. The molecule has 0 spiro atoms. The van der Waals surface area contributed by atoms with Gasteiger partial charge in [0.05, 0.1) is 13.2 Å². The van der Waals surface area contributed by atoms with Crippen molar-refractivity contribution in [3.05, 3.63) is 59.7 Å². The second-order valence-corrected chi connectivity index (χ2v) is 6.10. The Morgan fingerprint density at radius 1 is 1.15 bits per heavy atom. The summed E-state index contributed by atoms with van der Waals surface area (Å²) in [5.74, 6) is -1.23. The van der Waals surface area contributed by atoms with Gasteiger partial charge in [0, 0.05) is 43.6 Å². The van der Waals surface area contributed by atoms with Crippen LogP contribution in [0.5, 0.6) is 0 Å². The van der Waals surface area contributed by atoms with Gasteiger partial charge in [0.25, 0.3) is 11.8 Å². The summed E-state index contributed by atoms with van der Waals surface area (Å²) < 4.78 is 18.5. The van der Waals surface area contributed by atoms with Crippen LogP contribution < -0.4 is 10.6 Å². The summed E-state index contributed by atoms with van der Waals surface area (Å²) in [5.41, 5.74) is 0.749. The summed E-state index contributed by atoms with van der Waals surface area (Å²) in [4.78, 5) is 30.8. The predicted octanol–water partition coefficient (Wildman–Crippen LogP) is 1.53. The molecule has 2 aromatic rings. The Morgan fingerprint density at radius 3 is 2.74 bits per heavy atom. The van der Waals surface area contributed by atoms with Crippen molar-refractivity contribution in [2.75, 3.05) is 44.7 Å². The summed E-state index contributed by atoms with van der Waals surface area (Å²) in [7, 11) is 0. The lowest BCUT2D eigenvalue weighted by molar-refractivity contribution is 0.0383. The smallest absolute Gasteiger partial charge is 0.274 e. The van der Waals surface area contributed by atoms with Crippen LogP contribution in [0.4, 0.5) is 10.1 Å². The van der Waals surface area contributed by atoms with Crippen LogP contribution in [-0.2, 0) is 4.74 Å². The first-order valence-corrected chi connectivity index (χ1v) is 8.73. The Hall–Kier alpha value is -2.84. The Morgan fingerprint density at radius 2 is 1.96 bits per heavy atom. The quantitative estimate of drug-likeness (QED) is 0.804. The molecule has 2 amide bonds. The van der Waals surface area contributed by atoms with Gasteiger partial charge in [-0.2, -0.15) is 0 Å². The van der Waals surface area contributed by atoms with Gasteiger partial charge in [-0.15, -0.1) is 0 Å². The van der Waals surface area contributed by atoms with Crippen molar-refractivity contribution in [2.24, 2.45) is 0 Å². The van der Waals surface area contributed by atoms with Crippen molar-refractivity contribution in [3.8, 4) is 0 Å². The van der Waals surface area contributed by atoms with Crippen molar-refractivity contribution in [1.82, 2.24) is 15.2 Å². The van der Waals surface area contributed by atoms with E-state index < -0.39 is 11.7 Å². The number of anilines is 1. The van der Waals surface area contributed by atoms with E-state index in [1.807, 2.05) is 0 Å². The lowest BCUT2D eigenvalue weighted by atomic mass is 10.2. The topological polar surface area (TPSA) is 83.6 Å². The minimum atomic E-state index is -0.511. The van der Waals surface area contributed by atoms with Gasteiger partial charge in [-0.25, -0.2) is 4.39 Å². The van der Waals surface area contributed by atoms with Crippen LogP contribution in [0.1, 0.15) is 20.8 Å². The highest BCUT2D eigenvalue weighted by molar-refractivity contribution is 6.04. The number of hydrogen-bond acceptors (Lipinski definition) is 5. The number of carbonyl (C=O) groups is 2. The van der Waals surface area contributed by atoms with E-state index in [-0.39, 0.29) is 11.6 Å². The molecule has 0 atom stereocenters. The number of halogens is 1. The zero-order chi connectivity index (χ0) is 19.1. The van der Waals surface area contributed by atoms with Gasteiger partial charge in [-0.3, -0.25) is 19.5 Å². The molecule has 0 saturated carbocycles. The fourth-order valence-corrected chi connectivity index (χ4v) is 2.71. The fourth-order valence-electron chi connectivity index (χ4n) is 2.71. The molecule has 1 aromatic heterocycles. The lowest BCUT2D eigenvalue weighted by Gasteiger charge is -2.26. The first-order chi connectivity index (χ1) is 13.1. The number of pyridine rings is 1. The third kappa shape index (κ3) is 5.57. The van der Waals surface area contributed by atoms with E-state index in [0.717, 1.165) is 19.6 Å². The first-order valence-electron chi connectivity index (χ1n) is 8.73. The van der Waals surface area contributed by atoms with Gasteiger partial charge in [0.2, 0.25) is 0 Å². The normalized spacial score (nSPS) is 14.6. The van der Waals surface area contributed by atoms with E-state index in [0.29, 0.717) is 31.0 Å². The molecule has 2 N–H and O–H groups in total. The number of nitrogens with one attached hydrogen (secondary N) is 2. The van der Waals surface area contributed by atoms with E-state index >= 15 is 0 Å². The highest BCUT2D eigenvalue weighted by Crippen LogP contribution is 2.11. The summed E-state index contributed by atoms with van der Waals surface area (Å²) in [5, 5.41) is 5.40. The van der Waals surface area contributed by atoms with Gasteiger partial charge in [0.1, 0.15) is 11.5 Å². The molecule has 142 valence electrons. The number of rotatable bonds is 6. The van der Waals surface area contributed by atoms with E-state index in [2.05, 4.69) is 20.5 Å². The molecule has 0 radical (unpaired) electrons. The van der Waals surface area contributed by atoms with E-state index in [1.165, 1.54) is 30.5 Å². The molecule has 1 fully saturated rings. The molecular formula is C19H21FN4O3. The number of nitrogens with zero attached hydrogens (tertiary/aromatic N) is 2. The van der Waals surface area contributed by atoms with Gasteiger partial charge < -0.3 is 15.4 Å². The summed E-state index contributed by atoms with van der Waals surface area (Å²) in [6, 6.07) is 8.53. The molecule has 0 bridgehead atoms. The molecule has 2 heterocycles. The third-order valence-corrected chi connectivity index (χ3v) is 4.15. The maximum atomic E-state index is 13.2. The summed E-state index contributed by atoms with van der Waals surface area (Å²) in [6.07, 6.45) is 1.40. The lowest BCUT2D eigenvalue weighted by Crippen LogP contribution is -2.41. The molecule has 1 aromatic carbocycles. The van der Waals surface area contributed by atoms with Crippen LogP contribution in [0.2, 0.25) is 0 Å². The molecule has 8 heteroatoms. The number of aromatic nitrogens is 1. The van der Waals surface area contributed by atoms with Crippen LogP contribution >= 0.6 is 0 Å². The van der Waals surface area contributed by atoms with Crippen molar-refractivity contribution in [3.63, 3.8) is 0 Å². The van der Waals surface area contributed by atoms with Crippen molar-refractivity contribution < 1.29 is 18.7 Å². The second-order valence-electron chi connectivity index (χ2n) is 6.10. The molecule has 27 heavy (non-hydrogen) atoms.